The molecule has 0 saturated heterocycles. The number of hydrogen-bond donors (Lipinski definition) is 2. The van der Waals surface area contributed by atoms with Crippen LogP contribution < -0.4 is 10.6 Å². The van der Waals surface area contributed by atoms with Crippen LogP contribution in [-0.2, 0) is 9.59 Å². The zero-order valence-corrected chi connectivity index (χ0v) is 18.8. The fraction of sp³-hybridized carbons (Fsp3) is 0.857. The van der Waals surface area contributed by atoms with Crippen molar-refractivity contribution in [2.24, 2.45) is 0 Å². The third kappa shape index (κ3) is 49.5. The van der Waals surface area contributed by atoms with E-state index in [1.54, 1.807) is 0 Å². The number of rotatable bonds is 3. The Morgan fingerprint density at radius 2 is 0.818 bits per heavy atom. The standard InChI is InChI=1S/C8H16N2O2.2C3H9P.2Ar/c1-5(9-7(3)11)6(2)10-8(4)12;2*1-4(2)3;;/h5-6H,1-4H3,(H,9,11)(H,10,12);2*1-3H3;;/t5-,6-;;;;/m1..../s1. The van der Waals surface area contributed by atoms with Crippen molar-refractivity contribution in [3.8, 4) is 0 Å². The van der Waals surface area contributed by atoms with Crippen molar-refractivity contribution >= 4 is 27.7 Å². The van der Waals surface area contributed by atoms with Crippen LogP contribution in [0.3, 0.4) is 0 Å². The van der Waals surface area contributed by atoms with Crippen molar-refractivity contribution in [1.29, 1.82) is 0 Å². The number of amides is 2. The second kappa shape index (κ2) is 23.3. The smallest absolute Gasteiger partial charge is 0.217 e. The summed E-state index contributed by atoms with van der Waals surface area (Å²) in [5, 5.41) is 5.39. The molecule has 0 unspecified atom stereocenters. The van der Waals surface area contributed by atoms with Crippen LogP contribution in [-0.4, -0.2) is 63.9 Å². The minimum Gasteiger partial charge on any atom is -0.352 e. The summed E-state index contributed by atoms with van der Waals surface area (Å²) in [6.45, 7) is 20.0. The first-order chi connectivity index (χ1) is 8.89. The number of hydrogen-bond acceptors (Lipinski definition) is 2. The van der Waals surface area contributed by atoms with E-state index in [1.165, 1.54) is 13.8 Å². The summed E-state index contributed by atoms with van der Waals surface area (Å²) in [6, 6.07) is -0.0715. The fourth-order valence-corrected chi connectivity index (χ4v) is 0.891. The first-order valence-electron chi connectivity index (χ1n) is 6.66. The summed E-state index contributed by atoms with van der Waals surface area (Å²) in [7, 11) is 0.759. The molecule has 22 heavy (non-hydrogen) atoms. The van der Waals surface area contributed by atoms with E-state index in [0.29, 0.717) is 15.8 Å². The molecule has 0 heterocycles. The summed E-state index contributed by atoms with van der Waals surface area (Å²) in [5.41, 5.74) is 0. The van der Waals surface area contributed by atoms with Gasteiger partial charge in [0.25, 0.3) is 0 Å². The molecule has 0 aliphatic rings. The molecule has 0 saturated carbocycles. The zero-order chi connectivity index (χ0) is 16.9. The summed E-state index contributed by atoms with van der Waals surface area (Å²) >= 11 is 0. The second-order valence-electron chi connectivity index (χ2n) is 5.66. The van der Waals surface area contributed by atoms with Gasteiger partial charge in [-0.15, -0.1) is 15.8 Å². The monoisotopic (exact) mass is 404 g/mol. The van der Waals surface area contributed by atoms with Crippen molar-refractivity contribution < 1.29 is 85.1 Å². The van der Waals surface area contributed by atoms with E-state index in [4.69, 9.17) is 0 Å². The minimum atomic E-state index is -0.0836. The Labute approximate surface area is 200 Å². The van der Waals surface area contributed by atoms with E-state index in [2.05, 4.69) is 50.6 Å². The van der Waals surface area contributed by atoms with E-state index in [1.807, 2.05) is 13.8 Å². The Balaban J connectivity index is -0.0000000812. The van der Waals surface area contributed by atoms with E-state index < -0.39 is 0 Å². The topological polar surface area (TPSA) is 58.2 Å². The van der Waals surface area contributed by atoms with Crippen molar-refractivity contribution in [3.63, 3.8) is 0 Å². The molecule has 2 amide bonds. The molecule has 0 aromatic carbocycles. The maximum atomic E-state index is 10.6. The van der Waals surface area contributed by atoms with E-state index in [0.717, 1.165) is 0 Å². The van der Waals surface area contributed by atoms with Gasteiger partial charge in [0.05, 0.1) is 0 Å². The van der Waals surface area contributed by atoms with Gasteiger partial charge in [-0.05, 0) is 53.8 Å². The molecule has 0 aromatic heterocycles. The van der Waals surface area contributed by atoms with Crippen molar-refractivity contribution in [2.45, 2.75) is 39.8 Å². The molecule has 2 atom stereocenters. The third-order valence-electron chi connectivity index (χ3n) is 1.61. The molecular formula is C14H34Ar2N2O2P2. The van der Waals surface area contributed by atoms with Gasteiger partial charge in [0.1, 0.15) is 0 Å². The predicted molar refractivity (Wildman–Crippen MR) is 95.9 cm³/mol. The molecule has 0 radical (unpaired) electrons. The molecule has 0 aromatic rings. The van der Waals surface area contributed by atoms with Crippen molar-refractivity contribution in [3.05, 3.63) is 0 Å². The average molecular weight is 404 g/mol. The normalized spacial score (nSPS) is 11.3. The van der Waals surface area contributed by atoms with Crippen molar-refractivity contribution in [1.82, 2.24) is 10.6 Å². The molecule has 0 spiro atoms. The van der Waals surface area contributed by atoms with Crippen LogP contribution in [0.5, 0.6) is 0 Å². The van der Waals surface area contributed by atoms with Crippen LogP contribution in [0.4, 0.5) is 0 Å². The van der Waals surface area contributed by atoms with Crippen LogP contribution in [0.1, 0.15) is 27.7 Å². The fourth-order valence-electron chi connectivity index (χ4n) is 0.891. The van der Waals surface area contributed by atoms with Gasteiger partial charge in [-0.2, -0.15) is 0 Å². The molecule has 8 heteroatoms. The SMILES string of the molecule is CC(=O)N[C@H](C)[C@@H](C)NC(C)=O.CP(C)C.CP(C)C.[Ar].[Ar]. The predicted octanol–water partition coefficient (Wildman–Crippen LogP) is 2.75. The van der Waals surface area contributed by atoms with Gasteiger partial charge in [0.2, 0.25) is 11.8 Å². The third-order valence-corrected chi connectivity index (χ3v) is 1.61. The molecule has 0 fully saturated rings. The van der Waals surface area contributed by atoms with Crippen molar-refractivity contribution in [2.75, 3.05) is 40.0 Å². The maximum absolute atomic E-state index is 10.6. The number of nitrogens with one attached hydrogen (secondary N) is 2. The Bertz CT molecular complexity index is 238. The number of carbonyl (C=O) groups is 2. The minimum absolute atomic E-state index is 0. The van der Waals surface area contributed by atoms with Gasteiger partial charge in [-0.1, -0.05) is 0 Å². The first-order valence-corrected chi connectivity index (χ1v) is 12.0. The molecular weight excluding hydrogens is 370 g/mol. The zero-order valence-electron chi connectivity index (χ0n) is 15.6. The first kappa shape index (κ1) is 35.4. The Morgan fingerprint density at radius 1 is 0.682 bits per heavy atom. The summed E-state index contributed by atoms with van der Waals surface area (Å²) < 4.78 is 0. The molecule has 0 aliphatic carbocycles. The van der Waals surface area contributed by atoms with Gasteiger partial charge >= 0.3 is 0 Å². The molecule has 4 nitrogen and oxygen atoms in total. The van der Waals surface area contributed by atoms with E-state index >= 15 is 0 Å². The van der Waals surface area contributed by atoms with Gasteiger partial charge in [0, 0.05) is 101 Å². The molecule has 0 bridgehead atoms. The van der Waals surface area contributed by atoms with Gasteiger partial charge < -0.3 is 10.6 Å². The van der Waals surface area contributed by atoms with Crippen LogP contribution in [0.2, 0.25) is 0 Å². The molecule has 138 valence electrons. The number of carbonyl (C=O) groups excluding carboxylic acids is 2. The van der Waals surface area contributed by atoms with Gasteiger partial charge in [-0.25, -0.2) is 0 Å². The van der Waals surface area contributed by atoms with E-state index in [-0.39, 0.29) is 99.4 Å². The Kier molecular flexibility index (Phi) is 37.6. The van der Waals surface area contributed by atoms with Gasteiger partial charge in [0.15, 0.2) is 0 Å². The van der Waals surface area contributed by atoms with Crippen LogP contribution in [0.15, 0.2) is 0 Å². The quantitative estimate of drug-likeness (QED) is 0.711. The van der Waals surface area contributed by atoms with Gasteiger partial charge in [-0.3, -0.25) is 9.59 Å². The van der Waals surface area contributed by atoms with Crippen LogP contribution >= 0.6 is 15.8 Å². The second-order valence-corrected chi connectivity index (χ2v) is 11.0. The Hall–Kier alpha value is 2.32. The average Bonchev–Trinajstić information content (AvgIpc) is 2.12. The Morgan fingerprint density at radius 3 is 0.909 bits per heavy atom. The van der Waals surface area contributed by atoms with Crippen LogP contribution in [0, 0.1) is 75.5 Å². The molecule has 0 aliphatic heterocycles. The molecule has 0 rings (SSSR count). The largest absolute Gasteiger partial charge is 0.352 e. The summed E-state index contributed by atoms with van der Waals surface area (Å²) in [5.74, 6) is -0.167. The van der Waals surface area contributed by atoms with E-state index in [9.17, 15) is 9.59 Å². The molecule has 2 N–H and O–H groups in total. The van der Waals surface area contributed by atoms with Crippen LogP contribution in [0.25, 0.3) is 0 Å². The maximum Gasteiger partial charge on any atom is 0.217 e. The summed E-state index contributed by atoms with van der Waals surface area (Å²) in [4.78, 5) is 21.2. The summed E-state index contributed by atoms with van der Waals surface area (Å²) in [6.07, 6.45) is 0.